The van der Waals surface area contributed by atoms with Crippen molar-refractivity contribution in [3.8, 4) is 5.75 Å². The quantitative estimate of drug-likeness (QED) is 0.238. The lowest BCUT2D eigenvalue weighted by atomic mass is 9.94. The van der Waals surface area contributed by atoms with Crippen LogP contribution >= 0.6 is 11.6 Å². The molecule has 1 atom stereocenters. The SMILES string of the molecule is CCN(CC)c1ccc(N2C(=O)C(=O)/C(=C(\O)c3ccc(OC)c(Cl)c3)C2c2cccc(C)c2)cc1. The average Bonchev–Trinajstić information content (AvgIpc) is 3.15. The van der Waals surface area contributed by atoms with Gasteiger partial charge in [-0.2, -0.15) is 0 Å². The number of ether oxygens (including phenoxy) is 1. The largest absolute Gasteiger partial charge is 0.507 e. The first-order chi connectivity index (χ1) is 17.3. The Morgan fingerprint density at radius 2 is 1.72 bits per heavy atom. The number of Topliss-reactive ketones (excluding diaryl/α,β-unsaturated/α-hetero) is 1. The summed E-state index contributed by atoms with van der Waals surface area (Å²) >= 11 is 6.28. The first-order valence-electron chi connectivity index (χ1n) is 11.9. The summed E-state index contributed by atoms with van der Waals surface area (Å²) in [5.74, 6) is -1.29. The number of halogens is 1. The first kappa shape index (κ1) is 25.3. The highest BCUT2D eigenvalue weighted by Gasteiger charge is 2.47. The zero-order valence-electron chi connectivity index (χ0n) is 20.8. The van der Waals surface area contributed by atoms with Crippen molar-refractivity contribution in [2.75, 3.05) is 30.0 Å². The van der Waals surface area contributed by atoms with Crippen molar-refractivity contribution in [3.63, 3.8) is 0 Å². The molecular formula is C29H29ClN2O4. The van der Waals surface area contributed by atoms with E-state index in [-0.39, 0.29) is 16.4 Å². The van der Waals surface area contributed by atoms with E-state index in [0.29, 0.717) is 17.0 Å². The molecule has 0 bridgehead atoms. The van der Waals surface area contributed by atoms with Gasteiger partial charge in [0.2, 0.25) is 0 Å². The summed E-state index contributed by atoms with van der Waals surface area (Å²) in [4.78, 5) is 30.4. The number of hydrogen-bond acceptors (Lipinski definition) is 5. The molecule has 1 unspecified atom stereocenters. The minimum Gasteiger partial charge on any atom is -0.507 e. The molecule has 186 valence electrons. The van der Waals surface area contributed by atoms with E-state index in [1.54, 1.807) is 12.1 Å². The third-order valence-electron chi connectivity index (χ3n) is 6.48. The summed E-state index contributed by atoms with van der Waals surface area (Å²) in [6.45, 7) is 7.82. The molecule has 1 aliphatic rings. The second kappa shape index (κ2) is 10.5. The number of carbonyl (C=O) groups is 2. The highest BCUT2D eigenvalue weighted by atomic mass is 35.5. The number of aliphatic hydroxyl groups is 1. The van der Waals surface area contributed by atoms with Crippen LogP contribution in [0.25, 0.3) is 5.76 Å². The second-order valence-corrected chi connectivity index (χ2v) is 9.03. The van der Waals surface area contributed by atoms with E-state index in [1.807, 2.05) is 55.5 Å². The highest BCUT2D eigenvalue weighted by Crippen LogP contribution is 2.43. The van der Waals surface area contributed by atoms with Gasteiger partial charge in [-0.25, -0.2) is 0 Å². The van der Waals surface area contributed by atoms with Crippen LogP contribution in [0.1, 0.15) is 36.6 Å². The number of methoxy groups -OCH3 is 1. The number of anilines is 2. The predicted molar refractivity (Wildman–Crippen MR) is 144 cm³/mol. The van der Waals surface area contributed by atoms with E-state index < -0.39 is 17.7 Å². The maximum Gasteiger partial charge on any atom is 0.300 e. The number of ketones is 1. The van der Waals surface area contributed by atoms with Gasteiger partial charge in [-0.3, -0.25) is 14.5 Å². The molecule has 0 saturated carbocycles. The molecule has 7 heteroatoms. The summed E-state index contributed by atoms with van der Waals surface area (Å²) in [5.41, 5.74) is 3.64. The van der Waals surface area contributed by atoms with Gasteiger partial charge in [-0.05, 0) is 68.8 Å². The van der Waals surface area contributed by atoms with Crippen LogP contribution < -0.4 is 14.5 Å². The van der Waals surface area contributed by atoms with Crippen LogP contribution in [0.4, 0.5) is 11.4 Å². The molecular weight excluding hydrogens is 476 g/mol. The van der Waals surface area contributed by atoms with E-state index >= 15 is 0 Å². The van der Waals surface area contributed by atoms with Crippen LogP contribution in [0, 0.1) is 6.92 Å². The Labute approximate surface area is 216 Å². The number of nitrogens with zero attached hydrogens (tertiary/aromatic N) is 2. The lowest BCUT2D eigenvalue weighted by molar-refractivity contribution is -0.132. The van der Waals surface area contributed by atoms with Crippen molar-refractivity contribution in [1.82, 2.24) is 0 Å². The molecule has 6 nitrogen and oxygen atoms in total. The third kappa shape index (κ3) is 4.56. The van der Waals surface area contributed by atoms with Gasteiger partial charge in [0.15, 0.2) is 0 Å². The van der Waals surface area contributed by atoms with E-state index in [2.05, 4.69) is 18.7 Å². The Kier molecular flexibility index (Phi) is 7.36. The van der Waals surface area contributed by atoms with Crippen molar-refractivity contribution >= 4 is 40.4 Å². The fourth-order valence-electron chi connectivity index (χ4n) is 4.64. The fraction of sp³-hybridized carbons (Fsp3) is 0.241. The Morgan fingerprint density at radius 1 is 1.03 bits per heavy atom. The standard InChI is InChI=1S/C29H29ClN2O4/c1-5-31(6-2)21-11-13-22(14-12-21)32-26(19-9-7-8-18(3)16-19)25(28(34)29(32)35)27(33)20-10-15-24(36-4)23(30)17-20/h7-17,26,33H,5-6H2,1-4H3/b27-25-. The molecule has 3 aromatic carbocycles. The van der Waals surface area contributed by atoms with Crippen LogP contribution in [0.2, 0.25) is 5.02 Å². The summed E-state index contributed by atoms with van der Waals surface area (Å²) in [6.07, 6.45) is 0. The maximum atomic E-state index is 13.4. The monoisotopic (exact) mass is 504 g/mol. The van der Waals surface area contributed by atoms with Crippen molar-refractivity contribution in [1.29, 1.82) is 0 Å². The van der Waals surface area contributed by atoms with Crippen LogP contribution in [-0.4, -0.2) is 37.0 Å². The summed E-state index contributed by atoms with van der Waals surface area (Å²) in [5, 5.41) is 11.6. The van der Waals surface area contributed by atoms with Gasteiger partial charge in [0.25, 0.3) is 11.7 Å². The zero-order chi connectivity index (χ0) is 26.0. The summed E-state index contributed by atoms with van der Waals surface area (Å²) in [6, 6.07) is 19.1. The molecule has 1 N–H and O–H groups in total. The van der Waals surface area contributed by atoms with Gasteiger partial charge in [0.1, 0.15) is 11.5 Å². The molecule has 1 fully saturated rings. The molecule has 1 aliphatic heterocycles. The van der Waals surface area contributed by atoms with Gasteiger partial charge in [0, 0.05) is 30.0 Å². The van der Waals surface area contributed by atoms with E-state index in [4.69, 9.17) is 16.3 Å². The fourth-order valence-corrected chi connectivity index (χ4v) is 4.89. The minimum atomic E-state index is -0.801. The average molecular weight is 505 g/mol. The Balaban J connectivity index is 1.88. The maximum absolute atomic E-state index is 13.4. The van der Waals surface area contributed by atoms with Crippen molar-refractivity contribution < 1.29 is 19.4 Å². The Hall–Kier alpha value is -3.77. The van der Waals surface area contributed by atoms with Gasteiger partial charge >= 0.3 is 0 Å². The van der Waals surface area contributed by atoms with Crippen LogP contribution in [0.5, 0.6) is 5.75 Å². The normalized spacial score (nSPS) is 16.9. The first-order valence-corrected chi connectivity index (χ1v) is 12.2. The molecule has 4 rings (SSSR count). The van der Waals surface area contributed by atoms with Gasteiger partial charge in [-0.15, -0.1) is 0 Å². The number of aliphatic hydroxyl groups excluding tert-OH is 1. The van der Waals surface area contributed by atoms with Gasteiger partial charge in [-0.1, -0.05) is 41.4 Å². The van der Waals surface area contributed by atoms with Crippen molar-refractivity contribution in [3.05, 3.63) is 94.0 Å². The Bertz CT molecular complexity index is 1330. The zero-order valence-corrected chi connectivity index (χ0v) is 21.5. The number of aryl methyl sites for hydroxylation is 1. The van der Waals surface area contributed by atoms with Crippen molar-refractivity contribution in [2.24, 2.45) is 0 Å². The van der Waals surface area contributed by atoms with Gasteiger partial charge in [0.05, 0.1) is 23.7 Å². The van der Waals surface area contributed by atoms with Crippen LogP contribution in [-0.2, 0) is 9.59 Å². The van der Waals surface area contributed by atoms with Crippen LogP contribution in [0.3, 0.4) is 0 Å². The lowest BCUT2D eigenvalue weighted by Gasteiger charge is -2.27. The highest BCUT2D eigenvalue weighted by molar-refractivity contribution is 6.51. The lowest BCUT2D eigenvalue weighted by Crippen LogP contribution is -2.29. The topological polar surface area (TPSA) is 70.1 Å². The van der Waals surface area contributed by atoms with E-state index in [9.17, 15) is 14.7 Å². The number of amides is 1. The molecule has 0 aliphatic carbocycles. The van der Waals surface area contributed by atoms with Gasteiger partial charge < -0.3 is 14.7 Å². The number of carbonyl (C=O) groups excluding carboxylic acids is 2. The minimum absolute atomic E-state index is 0.0136. The van der Waals surface area contributed by atoms with E-state index in [1.165, 1.54) is 18.1 Å². The predicted octanol–water partition coefficient (Wildman–Crippen LogP) is 6.13. The molecule has 1 amide bonds. The third-order valence-corrected chi connectivity index (χ3v) is 6.78. The molecule has 1 saturated heterocycles. The smallest absolute Gasteiger partial charge is 0.300 e. The molecule has 36 heavy (non-hydrogen) atoms. The molecule has 3 aromatic rings. The molecule has 0 spiro atoms. The molecule has 0 aromatic heterocycles. The van der Waals surface area contributed by atoms with Crippen molar-refractivity contribution in [2.45, 2.75) is 26.8 Å². The number of hydrogen-bond donors (Lipinski definition) is 1. The summed E-state index contributed by atoms with van der Waals surface area (Å²) in [7, 11) is 1.50. The molecule has 1 heterocycles. The van der Waals surface area contributed by atoms with Crippen LogP contribution in [0.15, 0.2) is 72.3 Å². The Morgan fingerprint density at radius 3 is 2.31 bits per heavy atom. The molecule has 0 radical (unpaired) electrons. The van der Waals surface area contributed by atoms with E-state index in [0.717, 1.165) is 29.9 Å². The number of benzene rings is 3. The number of rotatable bonds is 7. The summed E-state index contributed by atoms with van der Waals surface area (Å²) < 4.78 is 5.20. The second-order valence-electron chi connectivity index (χ2n) is 8.62.